The van der Waals surface area contributed by atoms with Crippen molar-refractivity contribution in [2.75, 3.05) is 38.5 Å². The number of hydrogen-bond donors (Lipinski definition) is 1. The van der Waals surface area contributed by atoms with Gasteiger partial charge in [0, 0.05) is 51.4 Å². The van der Waals surface area contributed by atoms with Crippen LogP contribution in [0.2, 0.25) is 0 Å². The minimum atomic E-state index is 0.0281. The zero-order valence-corrected chi connectivity index (χ0v) is 11.3. The normalized spacial score (nSPS) is 15.3. The molecule has 1 aliphatic rings. The molecule has 1 aliphatic heterocycles. The smallest absolute Gasteiger partial charge is 0.254 e. The number of nitrogens with zero attached hydrogens (tertiary/aromatic N) is 2. The zero-order valence-electron chi connectivity index (χ0n) is 11.3. The van der Waals surface area contributed by atoms with Crippen LogP contribution in [0, 0.1) is 0 Å². The van der Waals surface area contributed by atoms with E-state index in [0.717, 1.165) is 5.69 Å². The molecule has 102 valence electrons. The Hall–Kier alpha value is -2.04. The maximum atomic E-state index is 12.3. The molecule has 5 heteroatoms. The number of amides is 2. The number of hydrogen-bond acceptors (Lipinski definition) is 3. The Balaban J connectivity index is 2.02. The average molecular weight is 261 g/mol. The van der Waals surface area contributed by atoms with Crippen LogP contribution in [0.1, 0.15) is 17.3 Å². The summed E-state index contributed by atoms with van der Waals surface area (Å²) in [5.74, 6) is 0.101. The average Bonchev–Trinajstić information content (AvgIpc) is 2.46. The Morgan fingerprint density at radius 1 is 1.11 bits per heavy atom. The van der Waals surface area contributed by atoms with E-state index in [-0.39, 0.29) is 11.8 Å². The molecule has 0 bridgehead atoms. The van der Waals surface area contributed by atoms with Crippen molar-refractivity contribution in [2.45, 2.75) is 6.92 Å². The zero-order chi connectivity index (χ0) is 13.8. The van der Waals surface area contributed by atoms with Crippen LogP contribution in [0.4, 0.5) is 5.69 Å². The van der Waals surface area contributed by atoms with Crippen molar-refractivity contribution >= 4 is 17.5 Å². The molecule has 0 atom stereocenters. The van der Waals surface area contributed by atoms with Crippen LogP contribution >= 0.6 is 0 Å². The summed E-state index contributed by atoms with van der Waals surface area (Å²) >= 11 is 0. The quantitative estimate of drug-likeness (QED) is 0.865. The molecule has 2 rings (SSSR count). The number of nitrogens with one attached hydrogen (secondary N) is 1. The molecule has 0 aliphatic carbocycles. The molecule has 0 radical (unpaired) electrons. The summed E-state index contributed by atoms with van der Waals surface area (Å²) < 4.78 is 0. The first-order chi connectivity index (χ1) is 9.11. The van der Waals surface area contributed by atoms with Crippen molar-refractivity contribution in [2.24, 2.45) is 0 Å². The maximum absolute atomic E-state index is 12.3. The number of carbonyl (C=O) groups excluding carboxylic acids is 2. The van der Waals surface area contributed by atoms with Gasteiger partial charge in [-0.05, 0) is 18.2 Å². The van der Waals surface area contributed by atoms with Crippen LogP contribution in [-0.2, 0) is 4.79 Å². The van der Waals surface area contributed by atoms with Gasteiger partial charge < -0.3 is 15.1 Å². The fourth-order valence-electron chi connectivity index (χ4n) is 2.21. The number of benzene rings is 1. The van der Waals surface area contributed by atoms with E-state index in [1.54, 1.807) is 16.7 Å². The molecule has 0 aromatic heterocycles. The monoisotopic (exact) mass is 261 g/mol. The van der Waals surface area contributed by atoms with Crippen LogP contribution in [0.25, 0.3) is 0 Å². The van der Waals surface area contributed by atoms with Gasteiger partial charge in [-0.2, -0.15) is 0 Å². The van der Waals surface area contributed by atoms with E-state index < -0.39 is 0 Å². The molecule has 1 heterocycles. The van der Waals surface area contributed by atoms with Gasteiger partial charge in [0.15, 0.2) is 0 Å². The third-order valence-corrected chi connectivity index (χ3v) is 3.41. The second kappa shape index (κ2) is 5.73. The second-order valence-electron chi connectivity index (χ2n) is 4.63. The van der Waals surface area contributed by atoms with Gasteiger partial charge in [0.05, 0.1) is 0 Å². The van der Waals surface area contributed by atoms with Gasteiger partial charge in [0.2, 0.25) is 5.91 Å². The maximum Gasteiger partial charge on any atom is 0.254 e. The highest BCUT2D eigenvalue weighted by Gasteiger charge is 2.23. The van der Waals surface area contributed by atoms with Crippen molar-refractivity contribution in [3.05, 3.63) is 29.8 Å². The molecule has 0 spiro atoms. The molecule has 19 heavy (non-hydrogen) atoms. The van der Waals surface area contributed by atoms with Crippen LogP contribution in [0.3, 0.4) is 0 Å². The van der Waals surface area contributed by atoms with Crippen molar-refractivity contribution in [3.8, 4) is 0 Å². The van der Waals surface area contributed by atoms with Crippen molar-refractivity contribution in [1.82, 2.24) is 9.80 Å². The van der Waals surface area contributed by atoms with Gasteiger partial charge >= 0.3 is 0 Å². The number of anilines is 1. The van der Waals surface area contributed by atoms with E-state index in [0.29, 0.717) is 31.7 Å². The molecular weight excluding hydrogens is 242 g/mol. The summed E-state index contributed by atoms with van der Waals surface area (Å²) in [5, 5.41) is 3.02. The summed E-state index contributed by atoms with van der Waals surface area (Å²) in [4.78, 5) is 27.2. The van der Waals surface area contributed by atoms with E-state index >= 15 is 0 Å². The number of piperazine rings is 1. The van der Waals surface area contributed by atoms with Gasteiger partial charge in [-0.25, -0.2) is 0 Å². The Kier molecular flexibility index (Phi) is 4.04. The highest BCUT2D eigenvalue weighted by molar-refractivity contribution is 5.95. The van der Waals surface area contributed by atoms with Crippen molar-refractivity contribution < 1.29 is 9.59 Å². The minimum absolute atomic E-state index is 0.0281. The largest absolute Gasteiger partial charge is 0.388 e. The third-order valence-electron chi connectivity index (χ3n) is 3.41. The molecule has 1 N–H and O–H groups in total. The molecule has 0 unspecified atom stereocenters. The lowest BCUT2D eigenvalue weighted by molar-refractivity contribution is -0.130. The SMILES string of the molecule is CNc1cccc(C(=O)N2CCN(C(C)=O)CC2)c1. The topological polar surface area (TPSA) is 52.7 Å². The van der Waals surface area contributed by atoms with E-state index in [1.165, 1.54) is 0 Å². The lowest BCUT2D eigenvalue weighted by Crippen LogP contribution is -2.50. The molecular formula is C14H19N3O2. The highest BCUT2D eigenvalue weighted by Crippen LogP contribution is 2.13. The van der Waals surface area contributed by atoms with Crippen LogP contribution in [-0.4, -0.2) is 54.8 Å². The predicted molar refractivity (Wildman–Crippen MR) is 74.1 cm³/mol. The van der Waals surface area contributed by atoms with Gasteiger partial charge in [-0.1, -0.05) is 6.07 Å². The number of rotatable bonds is 2. The van der Waals surface area contributed by atoms with Crippen molar-refractivity contribution in [1.29, 1.82) is 0 Å². The van der Waals surface area contributed by atoms with E-state index in [1.807, 2.05) is 31.3 Å². The summed E-state index contributed by atoms with van der Waals surface area (Å²) in [7, 11) is 1.83. The van der Waals surface area contributed by atoms with Gasteiger partial charge in [0.1, 0.15) is 0 Å². The third kappa shape index (κ3) is 3.05. The van der Waals surface area contributed by atoms with E-state index in [4.69, 9.17) is 0 Å². The lowest BCUT2D eigenvalue weighted by atomic mass is 10.1. The molecule has 1 aromatic carbocycles. The second-order valence-corrected chi connectivity index (χ2v) is 4.63. The van der Waals surface area contributed by atoms with Gasteiger partial charge in [0.25, 0.3) is 5.91 Å². The molecule has 1 fully saturated rings. The Bertz CT molecular complexity index is 479. The highest BCUT2D eigenvalue weighted by atomic mass is 16.2. The predicted octanol–water partition coefficient (Wildman–Crippen LogP) is 1.03. The van der Waals surface area contributed by atoms with E-state index in [2.05, 4.69) is 5.32 Å². The summed E-state index contributed by atoms with van der Waals surface area (Å²) in [5.41, 5.74) is 1.61. The van der Waals surface area contributed by atoms with Crippen LogP contribution in [0.5, 0.6) is 0 Å². The van der Waals surface area contributed by atoms with Crippen LogP contribution < -0.4 is 5.32 Å². The Morgan fingerprint density at radius 2 is 1.74 bits per heavy atom. The Morgan fingerprint density at radius 3 is 2.32 bits per heavy atom. The molecule has 5 nitrogen and oxygen atoms in total. The fourth-order valence-corrected chi connectivity index (χ4v) is 2.21. The number of carbonyl (C=O) groups is 2. The van der Waals surface area contributed by atoms with Gasteiger partial charge in [-0.15, -0.1) is 0 Å². The molecule has 1 saturated heterocycles. The first kappa shape index (κ1) is 13.4. The summed E-state index contributed by atoms with van der Waals surface area (Å²) in [6, 6.07) is 7.45. The van der Waals surface area contributed by atoms with Crippen molar-refractivity contribution in [3.63, 3.8) is 0 Å². The lowest BCUT2D eigenvalue weighted by Gasteiger charge is -2.34. The molecule has 2 amide bonds. The standard InChI is InChI=1S/C14H19N3O2/c1-11(18)16-6-8-17(9-7-16)14(19)12-4-3-5-13(10-12)15-2/h3-5,10,15H,6-9H2,1-2H3. The summed E-state index contributed by atoms with van der Waals surface area (Å²) in [6.07, 6.45) is 0. The minimum Gasteiger partial charge on any atom is -0.388 e. The van der Waals surface area contributed by atoms with E-state index in [9.17, 15) is 9.59 Å². The molecule has 0 saturated carbocycles. The molecule has 1 aromatic rings. The Labute approximate surface area is 113 Å². The summed E-state index contributed by atoms with van der Waals surface area (Å²) in [6.45, 7) is 4.00. The first-order valence-corrected chi connectivity index (χ1v) is 6.44. The van der Waals surface area contributed by atoms with Gasteiger partial charge in [-0.3, -0.25) is 9.59 Å². The fraction of sp³-hybridized carbons (Fsp3) is 0.429. The van der Waals surface area contributed by atoms with Crippen LogP contribution in [0.15, 0.2) is 24.3 Å². The first-order valence-electron chi connectivity index (χ1n) is 6.44.